The van der Waals surface area contributed by atoms with Gasteiger partial charge in [0.25, 0.3) is 0 Å². The number of rotatable bonds is 3. The van der Waals surface area contributed by atoms with Gasteiger partial charge in [-0.15, -0.1) is 11.6 Å². The summed E-state index contributed by atoms with van der Waals surface area (Å²) in [6, 6.07) is 0.267. The topological polar surface area (TPSA) is 60.9 Å². The van der Waals surface area contributed by atoms with Gasteiger partial charge in [-0.1, -0.05) is 6.08 Å². The number of alkyl halides is 1. The van der Waals surface area contributed by atoms with Crippen LogP contribution in [0.1, 0.15) is 12.8 Å². The van der Waals surface area contributed by atoms with Crippen molar-refractivity contribution in [1.29, 1.82) is 0 Å². The Hall–Kier alpha value is -1.07. The highest BCUT2D eigenvalue weighted by atomic mass is 35.5. The van der Waals surface area contributed by atoms with E-state index in [2.05, 4.69) is 4.90 Å². The first-order valence-corrected chi connectivity index (χ1v) is 6.67. The average molecular weight is 273 g/mol. The van der Waals surface area contributed by atoms with Gasteiger partial charge in [0.1, 0.15) is 0 Å². The molecule has 100 valence electrons. The molecular formula is C12H17ClN2O3. The Morgan fingerprint density at radius 3 is 2.56 bits per heavy atom. The van der Waals surface area contributed by atoms with Gasteiger partial charge in [0.15, 0.2) is 5.78 Å². The minimum absolute atomic E-state index is 0.0170. The van der Waals surface area contributed by atoms with Crippen LogP contribution in [0.15, 0.2) is 11.6 Å². The van der Waals surface area contributed by atoms with E-state index >= 15 is 0 Å². The third-order valence-electron chi connectivity index (χ3n) is 3.64. The molecule has 0 aromatic carbocycles. The summed E-state index contributed by atoms with van der Waals surface area (Å²) in [5.74, 6) is 0.0639. The van der Waals surface area contributed by atoms with Crippen LogP contribution in [0.5, 0.6) is 0 Å². The fraction of sp³-hybridized carbons (Fsp3) is 0.667. The molecule has 1 amide bonds. The number of hydrogen-bond donors (Lipinski definition) is 1. The monoisotopic (exact) mass is 272 g/mol. The molecule has 0 bridgehead atoms. The molecule has 1 aliphatic heterocycles. The maximum Gasteiger partial charge on any atom is 0.407 e. The van der Waals surface area contributed by atoms with Crippen molar-refractivity contribution in [1.82, 2.24) is 9.80 Å². The molecule has 2 rings (SSSR count). The summed E-state index contributed by atoms with van der Waals surface area (Å²) >= 11 is 5.54. The molecule has 1 heterocycles. The highest BCUT2D eigenvalue weighted by Gasteiger charge is 2.28. The highest BCUT2D eigenvalue weighted by molar-refractivity contribution is 6.30. The lowest BCUT2D eigenvalue weighted by Gasteiger charge is -2.36. The van der Waals surface area contributed by atoms with E-state index in [4.69, 9.17) is 16.7 Å². The summed E-state index contributed by atoms with van der Waals surface area (Å²) in [6.45, 7) is 2.54. The number of amides is 1. The number of carbonyl (C=O) groups excluding carboxylic acids is 1. The Morgan fingerprint density at radius 1 is 1.33 bits per heavy atom. The number of hydrogen-bond acceptors (Lipinski definition) is 3. The first kappa shape index (κ1) is 13.4. The van der Waals surface area contributed by atoms with Crippen LogP contribution in [-0.4, -0.2) is 64.9 Å². The van der Waals surface area contributed by atoms with Gasteiger partial charge in [-0.25, -0.2) is 4.79 Å². The SMILES string of the molecule is O=C(CCl)C1=C[C@H](N2CCN(C(=O)O)CC2)CC1. The minimum Gasteiger partial charge on any atom is -0.465 e. The van der Waals surface area contributed by atoms with Crippen LogP contribution in [0.2, 0.25) is 0 Å². The number of nitrogens with zero attached hydrogens (tertiary/aromatic N) is 2. The van der Waals surface area contributed by atoms with Crippen molar-refractivity contribution in [2.24, 2.45) is 0 Å². The van der Waals surface area contributed by atoms with Gasteiger partial charge in [0.05, 0.1) is 5.88 Å². The highest BCUT2D eigenvalue weighted by Crippen LogP contribution is 2.24. The van der Waals surface area contributed by atoms with Gasteiger partial charge < -0.3 is 10.0 Å². The second-order valence-electron chi connectivity index (χ2n) is 4.66. The summed E-state index contributed by atoms with van der Waals surface area (Å²) < 4.78 is 0. The van der Waals surface area contributed by atoms with Crippen LogP contribution in [0.4, 0.5) is 4.79 Å². The summed E-state index contributed by atoms with van der Waals surface area (Å²) in [5.41, 5.74) is 0.829. The predicted octanol–water partition coefficient (Wildman–Crippen LogP) is 1.18. The fourth-order valence-corrected chi connectivity index (χ4v) is 2.72. The molecule has 2 aliphatic rings. The molecule has 6 heteroatoms. The third kappa shape index (κ3) is 2.84. The van der Waals surface area contributed by atoms with Crippen molar-refractivity contribution in [2.75, 3.05) is 32.1 Å². The number of halogens is 1. The zero-order valence-electron chi connectivity index (χ0n) is 10.1. The summed E-state index contributed by atoms with van der Waals surface area (Å²) in [5, 5.41) is 8.87. The molecule has 0 aromatic heterocycles. The molecule has 1 fully saturated rings. The third-order valence-corrected chi connectivity index (χ3v) is 3.88. The van der Waals surface area contributed by atoms with Crippen molar-refractivity contribution < 1.29 is 14.7 Å². The number of Topliss-reactive ketones (excluding diaryl/α,β-unsaturated/α-hetero) is 1. The van der Waals surface area contributed by atoms with E-state index in [1.54, 1.807) is 0 Å². The lowest BCUT2D eigenvalue weighted by atomic mass is 10.2. The van der Waals surface area contributed by atoms with Crippen LogP contribution < -0.4 is 0 Å². The van der Waals surface area contributed by atoms with Crippen LogP contribution in [0.3, 0.4) is 0 Å². The van der Waals surface area contributed by atoms with Gasteiger partial charge in [-0.3, -0.25) is 9.69 Å². The van der Waals surface area contributed by atoms with Crippen molar-refractivity contribution in [3.63, 3.8) is 0 Å². The van der Waals surface area contributed by atoms with E-state index in [0.29, 0.717) is 13.1 Å². The molecule has 0 spiro atoms. The first-order valence-electron chi connectivity index (χ1n) is 6.13. The van der Waals surface area contributed by atoms with E-state index in [1.165, 1.54) is 4.90 Å². The van der Waals surface area contributed by atoms with Crippen molar-refractivity contribution in [3.05, 3.63) is 11.6 Å². The Bertz CT molecular complexity index is 376. The van der Waals surface area contributed by atoms with Crippen LogP contribution in [0, 0.1) is 0 Å². The molecule has 0 radical (unpaired) electrons. The molecule has 1 aliphatic carbocycles. The molecular weight excluding hydrogens is 256 g/mol. The van der Waals surface area contributed by atoms with E-state index in [0.717, 1.165) is 31.5 Å². The normalized spacial score (nSPS) is 25.1. The zero-order chi connectivity index (χ0) is 13.1. The van der Waals surface area contributed by atoms with Gasteiger partial charge in [0.2, 0.25) is 0 Å². The van der Waals surface area contributed by atoms with Gasteiger partial charge in [-0.05, 0) is 18.4 Å². The molecule has 0 saturated carbocycles. The fourth-order valence-electron chi connectivity index (χ4n) is 2.55. The van der Waals surface area contributed by atoms with Crippen molar-refractivity contribution in [3.8, 4) is 0 Å². The summed E-state index contributed by atoms with van der Waals surface area (Å²) in [6.07, 6.45) is 2.87. The van der Waals surface area contributed by atoms with E-state index in [9.17, 15) is 9.59 Å². The van der Waals surface area contributed by atoms with Gasteiger partial charge in [0, 0.05) is 32.2 Å². The van der Waals surface area contributed by atoms with Crippen LogP contribution in [-0.2, 0) is 4.79 Å². The Morgan fingerprint density at radius 2 is 2.00 bits per heavy atom. The van der Waals surface area contributed by atoms with Crippen molar-refractivity contribution in [2.45, 2.75) is 18.9 Å². The van der Waals surface area contributed by atoms with Crippen LogP contribution in [0.25, 0.3) is 0 Å². The second kappa shape index (κ2) is 5.71. The molecule has 1 atom stereocenters. The summed E-state index contributed by atoms with van der Waals surface area (Å²) in [7, 11) is 0. The standard InChI is InChI=1S/C12H17ClN2O3/c13-8-11(16)9-1-2-10(7-9)14-3-5-15(6-4-14)12(17)18/h7,10H,1-6,8H2,(H,17,18)/t10-/m1/s1. The Kier molecular flexibility index (Phi) is 4.24. The minimum atomic E-state index is -0.852. The average Bonchev–Trinajstić information content (AvgIpc) is 2.87. The number of piperazine rings is 1. The maximum absolute atomic E-state index is 11.5. The maximum atomic E-state index is 11.5. The lowest BCUT2D eigenvalue weighted by Crippen LogP contribution is -2.50. The number of carboxylic acid groups (broad SMARTS) is 1. The second-order valence-corrected chi connectivity index (χ2v) is 4.93. The smallest absolute Gasteiger partial charge is 0.407 e. The molecule has 1 N–H and O–H groups in total. The first-order chi connectivity index (χ1) is 8.61. The molecule has 0 unspecified atom stereocenters. The quantitative estimate of drug-likeness (QED) is 0.784. The Labute approximate surface area is 111 Å². The number of ketones is 1. The zero-order valence-corrected chi connectivity index (χ0v) is 10.9. The van der Waals surface area contributed by atoms with Gasteiger partial charge in [-0.2, -0.15) is 0 Å². The van der Waals surface area contributed by atoms with Crippen LogP contribution >= 0.6 is 11.6 Å². The van der Waals surface area contributed by atoms with Gasteiger partial charge >= 0.3 is 6.09 Å². The number of allylic oxidation sites excluding steroid dienone is 1. The lowest BCUT2D eigenvalue weighted by molar-refractivity contribution is -0.113. The number of carbonyl (C=O) groups is 2. The van der Waals surface area contributed by atoms with E-state index in [-0.39, 0.29) is 17.7 Å². The molecule has 1 saturated heterocycles. The van der Waals surface area contributed by atoms with Crippen molar-refractivity contribution >= 4 is 23.5 Å². The molecule has 5 nitrogen and oxygen atoms in total. The predicted molar refractivity (Wildman–Crippen MR) is 68.0 cm³/mol. The Balaban J connectivity index is 1.90. The van der Waals surface area contributed by atoms with E-state index < -0.39 is 6.09 Å². The van der Waals surface area contributed by atoms with E-state index in [1.807, 2.05) is 6.08 Å². The molecule has 18 heavy (non-hydrogen) atoms. The molecule has 0 aromatic rings. The largest absolute Gasteiger partial charge is 0.465 e. The summed E-state index contributed by atoms with van der Waals surface area (Å²) in [4.78, 5) is 26.0.